The van der Waals surface area contributed by atoms with Crippen LogP contribution in [0, 0.1) is 0 Å². The molecule has 0 aromatic heterocycles. The lowest BCUT2D eigenvalue weighted by Crippen LogP contribution is -2.30. The smallest absolute Gasteiger partial charge is 0.220 e. The van der Waals surface area contributed by atoms with E-state index in [0.717, 1.165) is 5.56 Å². The standard InChI is InChI=1S/C12H17NO2/c1-9(2)13-12(15)8-7-10-5-3-4-6-11(10)14/h3-6,9,14H,7-8H2,1-2H3,(H,13,15). The van der Waals surface area contributed by atoms with E-state index in [2.05, 4.69) is 5.32 Å². The van der Waals surface area contributed by atoms with Crippen molar-refractivity contribution in [1.29, 1.82) is 0 Å². The van der Waals surface area contributed by atoms with E-state index in [1.54, 1.807) is 12.1 Å². The summed E-state index contributed by atoms with van der Waals surface area (Å²) in [6.45, 7) is 3.86. The number of phenolic OH excluding ortho intramolecular Hbond substituents is 1. The molecule has 82 valence electrons. The van der Waals surface area contributed by atoms with Crippen molar-refractivity contribution in [3.05, 3.63) is 29.8 Å². The lowest BCUT2D eigenvalue weighted by Gasteiger charge is -2.08. The van der Waals surface area contributed by atoms with Crippen LogP contribution in [-0.4, -0.2) is 17.1 Å². The second-order valence-corrected chi connectivity index (χ2v) is 3.85. The normalized spacial score (nSPS) is 10.3. The van der Waals surface area contributed by atoms with Gasteiger partial charge in [0.25, 0.3) is 0 Å². The quantitative estimate of drug-likeness (QED) is 0.791. The number of phenols is 1. The molecule has 0 atom stereocenters. The minimum atomic E-state index is 0.0215. The zero-order chi connectivity index (χ0) is 11.3. The minimum absolute atomic E-state index is 0.0215. The molecule has 0 saturated heterocycles. The van der Waals surface area contributed by atoms with Gasteiger partial charge in [0, 0.05) is 12.5 Å². The number of nitrogens with one attached hydrogen (secondary N) is 1. The summed E-state index contributed by atoms with van der Waals surface area (Å²) in [5.41, 5.74) is 0.816. The van der Waals surface area contributed by atoms with Gasteiger partial charge in [0.15, 0.2) is 0 Å². The molecule has 15 heavy (non-hydrogen) atoms. The van der Waals surface area contributed by atoms with Crippen LogP contribution in [0.4, 0.5) is 0 Å². The number of hydrogen-bond donors (Lipinski definition) is 2. The van der Waals surface area contributed by atoms with Crippen LogP contribution >= 0.6 is 0 Å². The van der Waals surface area contributed by atoms with Crippen molar-refractivity contribution >= 4 is 5.91 Å². The molecule has 0 unspecified atom stereocenters. The maximum absolute atomic E-state index is 11.3. The largest absolute Gasteiger partial charge is 0.508 e. The summed E-state index contributed by atoms with van der Waals surface area (Å²) in [7, 11) is 0. The van der Waals surface area contributed by atoms with Gasteiger partial charge in [-0.15, -0.1) is 0 Å². The van der Waals surface area contributed by atoms with E-state index in [-0.39, 0.29) is 17.7 Å². The Balaban J connectivity index is 2.44. The Kier molecular flexibility index (Phi) is 4.16. The lowest BCUT2D eigenvalue weighted by atomic mass is 10.1. The summed E-state index contributed by atoms with van der Waals surface area (Å²) < 4.78 is 0. The first kappa shape index (κ1) is 11.6. The van der Waals surface area contributed by atoms with Gasteiger partial charge in [-0.3, -0.25) is 4.79 Å². The maximum atomic E-state index is 11.3. The molecule has 1 rings (SSSR count). The van der Waals surface area contributed by atoms with Gasteiger partial charge in [0.2, 0.25) is 5.91 Å². The van der Waals surface area contributed by atoms with Crippen molar-refractivity contribution < 1.29 is 9.90 Å². The molecular formula is C12H17NO2. The highest BCUT2D eigenvalue weighted by Crippen LogP contribution is 2.16. The third-order valence-corrected chi connectivity index (χ3v) is 2.06. The fourth-order valence-corrected chi connectivity index (χ4v) is 1.36. The molecule has 0 aliphatic carbocycles. The number of carbonyl (C=O) groups excluding carboxylic acids is 1. The van der Waals surface area contributed by atoms with Gasteiger partial charge in [-0.25, -0.2) is 0 Å². The number of amides is 1. The van der Waals surface area contributed by atoms with Crippen molar-refractivity contribution in [2.75, 3.05) is 0 Å². The predicted octanol–water partition coefficient (Wildman–Crippen LogP) is 1.85. The van der Waals surface area contributed by atoms with Crippen LogP contribution in [-0.2, 0) is 11.2 Å². The molecule has 0 aliphatic heterocycles. The Labute approximate surface area is 90.1 Å². The molecule has 0 saturated carbocycles. The Morgan fingerprint density at radius 2 is 2.07 bits per heavy atom. The molecule has 0 fully saturated rings. The van der Waals surface area contributed by atoms with Crippen LogP contribution in [0.15, 0.2) is 24.3 Å². The first-order chi connectivity index (χ1) is 7.09. The van der Waals surface area contributed by atoms with Crippen LogP contribution in [0.5, 0.6) is 5.75 Å². The number of hydrogen-bond acceptors (Lipinski definition) is 2. The average Bonchev–Trinajstić information content (AvgIpc) is 2.15. The fraction of sp³-hybridized carbons (Fsp3) is 0.417. The topological polar surface area (TPSA) is 49.3 Å². The first-order valence-corrected chi connectivity index (χ1v) is 5.16. The first-order valence-electron chi connectivity index (χ1n) is 5.16. The van der Waals surface area contributed by atoms with E-state index in [0.29, 0.717) is 12.8 Å². The highest BCUT2D eigenvalue weighted by atomic mass is 16.3. The van der Waals surface area contributed by atoms with Crippen LogP contribution in [0.2, 0.25) is 0 Å². The highest BCUT2D eigenvalue weighted by Gasteiger charge is 2.05. The number of aromatic hydroxyl groups is 1. The van der Waals surface area contributed by atoms with Crippen molar-refractivity contribution in [2.24, 2.45) is 0 Å². The number of aryl methyl sites for hydroxylation is 1. The van der Waals surface area contributed by atoms with Crippen LogP contribution in [0.25, 0.3) is 0 Å². The Hall–Kier alpha value is -1.51. The van der Waals surface area contributed by atoms with Gasteiger partial charge < -0.3 is 10.4 Å². The minimum Gasteiger partial charge on any atom is -0.508 e. The van der Waals surface area contributed by atoms with Gasteiger partial charge in [-0.05, 0) is 31.9 Å². The van der Waals surface area contributed by atoms with Crippen LogP contribution < -0.4 is 5.32 Å². The molecule has 1 aromatic rings. The second kappa shape index (κ2) is 5.39. The predicted molar refractivity (Wildman–Crippen MR) is 59.7 cm³/mol. The van der Waals surface area contributed by atoms with Gasteiger partial charge in [-0.2, -0.15) is 0 Å². The van der Waals surface area contributed by atoms with Crippen molar-refractivity contribution in [1.82, 2.24) is 5.32 Å². The third kappa shape index (κ3) is 4.02. The molecule has 1 amide bonds. The summed E-state index contributed by atoms with van der Waals surface area (Å²) in [6.07, 6.45) is 0.987. The number of carbonyl (C=O) groups is 1. The van der Waals surface area contributed by atoms with Crippen molar-refractivity contribution in [3.8, 4) is 5.75 Å². The van der Waals surface area contributed by atoms with Gasteiger partial charge in [-0.1, -0.05) is 18.2 Å². The van der Waals surface area contributed by atoms with E-state index in [1.807, 2.05) is 26.0 Å². The second-order valence-electron chi connectivity index (χ2n) is 3.85. The molecule has 1 aromatic carbocycles. The van der Waals surface area contributed by atoms with E-state index < -0.39 is 0 Å². The lowest BCUT2D eigenvalue weighted by molar-refractivity contribution is -0.121. The summed E-state index contributed by atoms with van der Waals surface area (Å²) in [4.78, 5) is 11.3. The van der Waals surface area contributed by atoms with E-state index in [1.165, 1.54) is 0 Å². The molecule has 2 N–H and O–H groups in total. The average molecular weight is 207 g/mol. The van der Waals surface area contributed by atoms with E-state index in [4.69, 9.17) is 0 Å². The van der Waals surface area contributed by atoms with Crippen LogP contribution in [0.1, 0.15) is 25.8 Å². The van der Waals surface area contributed by atoms with E-state index in [9.17, 15) is 9.90 Å². The van der Waals surface area contributed by atoms with Crippen LogP contribution in [0.3, 0.4) is 0 Å². The third-order valence-electron chi connectivity index (χ3n) is 2.06. The molecule has 3 heteroatoms. The Morgan fingerprint density at radius 1 is 1.40 bits per heavy atom. The number of rotatable bonds is 4. The SMILES string of the molecule is CC(C)NC(=O)CCc1ccccc1O. The summed E-state index contributed by atoms with van der Waals surface area (Å²) in [6, 6.07) is 7.26. The molecular weight excluding hydrogens is 190 g/mol. The number of para-hydroxylation sites is 1. The number of benzene rings is 1. The summed E-state index contributed by atoms with van der Waals surface area (Å²) in [5.74, 6) is 0.281. The van der Waals surface area contributed by atoms with Crippen molar-refractivity contribution in [2.45, 2.75) is 32.7 Å². The zero-order valence-electron chi connectivity index (χ0n) is 9.16. The molecule has 0 radical (unpaired) electrons. The van der Waals surface area contributed by atoms with Gasteiger partial charge in [0.05, 0.1) is 0 Å². The highest BCUT2D eigenvalue weighted by molar-refractivity contribution is 5.76. The molecule has 0 spiro atoms. The van der Waals surface area contributed by atoms with Gasteiger partial charge >= 0.3 is 0 Å². The molecule has 0 heterocycles. The fourth-order valence-electron chi connectivity index (χ4n) is 1.36. The monoisotopic (exact) mass is 207 g/mol. The van der Waals surface area contributed by atoms with E-state index >= 15 is 0 Å². The molecule has 3 nitrogen and oxygen atoms in total. The summed E-state index contributed by atoms with van der Waals surface area (Å²) in [5, 5.41) is 12.3. The Morgan fingerprint density at radius 3 is 2.67 bits per heavy atom. The maximum Gasteiger partial charge on any atom is 0.220 e. The Bertz CT molecular complexity index is 334. The summed E-state index contributed by atoms with van der Waals surface area (Å²) >= 11 is 0. The van der Waals surface area contributed by atoms with Gasteiger partial charge in [0.1, 0.15) is 5.75 Å². The molecule has 0 bridgehead atoms. The zero-order valence-corrected chi connectivity index (χ0v) is 9.16. The van der Waals surface area contributed by atoms with Crippen molar-refractivity contribution in [3.63, 3.8) is 0 Å². The molecule has 0 aliphatic rings.